The van der Waals surface area contributed by atoms with Crippen molar-refractivity contribution in [1.82, 2.24) is 4.90 Å². The van der Waals surface area contributed by atoms with Crippen LogP contribution in [0.2, 0.25) is 0 Å². The Morgan fingerprint density at radius 1 is 1.00 bits per heavy atom. The predicted octanol–water partition coefficient (Wildman–Crippen LogP) is 5.62. The molecule has 2 saturated carbocycles. The largest absolute Gasteiger partial charge is 0.497 e. The lowest BCUT2D eigenvalue weighted by Gasteiger charge is -2.39. The molecule has 0 atom stereocenters. The van der Waals surface area contributed by atoms with Gasteiger partial charge in [-0.15, -0.1) is 0 Å². The third kappa shape index (κ3) is 6.49. The Morgan fingerprint density at radius 2 is 1.64 bits per heavy atom. The minimum atomic E-state index is 0.480. The summed E-state index contributed by atoms with van der Waals surface area (Å²) in [6.45, 7) is 6.92. The molecule has 0 amide bonds. The fourth-order valence-corrected chi connectivity index (χ4v) is 5.46. The number of hydrogen-bond acceptors (Lipinski definition) is 3. The highest BCUT2D eigenvalue weighted by molar-refractivity contribution is 5.28. The molecule has 0 heterocycles. The standard InChI is InChI=1S/C25H42N2O/c1-19(2)17-27(18-22-5-4-6-25(16-22)28-3)24-13-9-21(10-14-24)15-20-7-11-23(26)12-8-20/h4-6,16,19-21,23-24H,7-15,17-18,26H2,1-3H3. The minimum Gasteiger partial charge on any atom is -0.497 e. The molecule has 0 saturated heterocycles. The predicted molar refractivity (Wildman–Crippen MR) is 119 cm³/mol. The Hall–Kier alpha value is -1.06. The van der Waals surface area contributed by atoms with Gasteiger partial charge in [0.05, 0.1) is 7.11 Å². The molecule has 3 rings (SSSR count). The molecular formula is C25H42N2O. The van der Waals surface area contributed by atoms with Gasteiger partial charge in [-0.2, -0.15) is 0 Å². The van der Waals surface area contributed by atoms with Crippen molar-refractivity contribution in [3.05, 3.63) is 29.8 Å². The van der Waals surface area contributed by atoms with Crippen LogP contribution in [0.3, 0.4) is 0 Å². The summed E-state index contributed by atoms with van der Waals surface area (Å²) in [6, 6.07) is 9.83. The Bertz CT molecular complexity index is 572. The zero-order chi connectivity index (χ0) is 19.9. The van der Waals surface area contributed by atoms with Crippen molar-refractivity contribution in [1.29, 1.82) is 0 Å². The number of nitrogens with two attached hydrogens (primary N) is 1. The average Bonchev–Trinajstić information content (AvgIpc) is 2.70. The van der Waals surface area contributed by atoms with Crippen molar-refractivity contribution in [2.75, 3.05) is 13.7 Å². The first-order chi connectivity index (χ1) is 13.5. The first-order valence-electron chi connectivity index (χ1n) is 11.7. The van der Waals surface area contributed by atoms with Gasteiger partial charge in [0.1, 0.15) is 5.75 Å². The van der Waals surface area contributed by atoms with Crippen molar-refractivity contribution in [2.45, 2.75) is 90.3 Å². The zero-order valence-electron chi connectivity index (χ0n) is 18.4. The van der Waals surface area contributed by atoms with Crippen LogP contribution in [-0.2, 0) is 6.54 Å². The van der Waals surface area contributed by atoms with E-state index in [0.29, 0.717) is 12.0 Å². The smallest absolute Gasteiger partial charge is 0.119 e. The molecule has 2 aliphatic rings. The third-order valence-electron chi connectivity index (χ3n) is 7.01. The van der Waals surface area contributed by atoms with Crippen LogP contribution in [0.15, 0.2) is 24.3 Å². The number of methoxy groups -OCH3 is 1. The van der Waals surface area contributed by atoms with E-state index in [-0.39, 0.29) is 0 Å². The van der Waals surface area contributed by atoms with Gasteiger partial charge in [-0.3, -0.25) is 4.90 Å². The maximum atomic E-state index is 6.09. The van der Waals surface area contributed by atoms with Gasteiger partial charge in [0, 0.05) is 25.2 Å². The van der Waals surface area contributed by atoms with E-state index in [1.165, 1.54) is 69.9 Å². The number of nitrogens with zero attached hydrogens (tertiary/aromatic N) is 1. The highest BCUT2D eigenvalue weighted by Gasteiger charge is 2.29. The van der Waals surface area contributed by atoms with Gasteiger partial charge in [-0.25, -0.2) is 0 Å². The summed E-state index contributed by atoms with van der Waals surface area (Å²) >= 11 is 0. The van der Waals surface area contributed by atoms with E-state index in [4.69, 9.17) is 10.5 Å². The molecular weight excluding hydrogens is 344 g/mol. The molecule has 3 heteroatoms. The first-order valence-corrected chi connectivity index (χ1v) is 11.7. The monoisotopic (exact) mass is 386 g/mol. The highest BCUT2D eigenvalue weighted by Crippen LogP contribution is 2.36. The zero-order valence-corrected chi connectivity index (χ0v) is 18.4. The molecule has 3 nitrogen and oxygen atoms in total. The summed E-state index contributed by atoms with van der Waals surface area (Å²) in [6.07, 6.45) is 12.3. The summed E-state index contributed by atoms with van der Waals surface area (Å²) in [5.74, 6) is 3.57. The van der Waals surface area contributed by atoms with E-state index in [9.17, 15) is 0 Å². The minimum absolute atomic E-state index is 0.480. The molecule has 0 bridgehead atoms. The van der Waals surface area contributed by atoms with Gasteiger partial charge < -0.3 is 10.5 Å². The fraction of sp³-hybridized carbons (Fsp3) is 0.760. The number of ether oxygens (including phenoxy) is 1. The molecule has 1 aromatic carbocycles. The Kier molecular flexibility index (Phi) is 8.23. The average molecular weight is 387 g/mol. The quantitative estimate of drug-likeness (QED) is 0.630. The second-order valence-electron chi connectivity index (χ2n) is 9.87. The summed E-state index contributed by atoms with van der Waals surface area (Å²) in [5, 5.41) is 0. The number of rotatable bonds is 8. The summed E-state index contributed by atoms with van der Waals surface area (Å²) in [7, 11) is 1.76. The van der Waals surface area contributed by atoms with Gasteiger partial charge in [0.2, 0.25) is 0 Å². The van der Waals surface area contributed by atoms with Crippen LogP contribution in [0.4, 0.5) is 0 Å². The highest BCUT2D eigenvalue weighted by atomic mass is 16.5. The van der Waals surface area contributed by atoms with Crippen LogP contribution in [0.1, 0.15) is 77.2 Å². The van der Waals surface area contributed by atoms with E-state index < -0.39 is 0 Å². The normalized spacial score (nSPS) is 28.6. The second kappa shape index (κ2) is 10.6. The van der Waals surface area contributed by atoms with Crippen molar-refractivity contribution in [3.8, 4) is 5.75 Å². The number of benzene rings is 1. The Morgan fingerprint density at radius 3 is 2.25 bits per heavy atom. The molecule has 1 aromatic rings. The summed E-state index contributed by atoms with van der Waals surface area (Å²) < 4.78 is 5.43. The third-order valence-corrected chi connectivity index (χ3v) is 7.01. The van der Waals surface area contributed by atoms with Crippen LogP contribution in [0.25, 0.3) is 0 Å². The molecule has 2 aliphatic carbocycles. The molecule has 0 aromatic heterocycles. The molecule has 0 aliphatic heterocycles. The van der Waals surface area contributed by atoms with E-state index in [1.807, 2.05) is 6.07 Å². The summed E-state index contributed by atoms with van der Waals surface area (Å²) in [5.41, 5.74) is 7.46. The Balaban J connectivity index is 1.52. The van der Waals surface area contributed by atoms with Gasteiger partial charge in [0.15, 0.2) is 0 Å². The molecule has 0 unspecified atom stereocenters. The van der Waals surface area contributed by atoms with Gasteiger partial charge in [0.25, 0.3) is 0 Å². The molecule has 0 radical (unpaired) electrons. The molecule has 2 N–H and O–H groups in total. The Labute approximate surface area is 173 Å². The van der Waals surface area contributed by atoms with Crippen molar-refractivity contribution in [3.63, 3.8) is 0 Å². The van der Waals surface area contributed by atoms with E-state index in [0.717, 1.165) is 30.2 Å². The SMILES string of the molecule is COc1cccc(CN(CC(C)C)C2CCC(CC3CCC(N)CC3)CC2)c1. The van der Waals surface area contributed by atoms with Crippen LogP contribution in [0, 0.1) is 17.8 Å². The lowest BCUT2D eigenvalue weighted by atomic mass is 9.75. The van der Waals surface area contributed by atoms with Crippen LogP contribution >= 0.6 is 0 Å². The maximum Gasteiger partial charge on any atom is 0.119 e. The lowest BCUT2D eigenvalue weighted by Crippen LogP contribution is -2.40. The fourth-order valence-electron chi connectivity index (χ4n) is 5.46. The molecule has 2 fully saturated rings. The van der Waals surface area contributed by atoms with Crippen molar-refractivity contribution in [2.24, 2.45) is 23.5 Å². The summed E-state index contributed by atoms with van der Waals surface area (Å²) in [4.78, 5) is 2.75. The van der Waals surface area contributed by atoms with Gasteiger partial charge >= 0.3 is 0 Å². The van der Waals surface area contributed by atoms with E-state index in [1.54, 1.807) is 7.11 Å². The first kappa shape index (κ1) is 21.6. The van der Waals surface area contributed by atoms with Crippen LogP contribution in [0.5, 0.6) is 5.75 Å². The van der Waals surface area contributed by atoms with Crippen molar-refractivity contribution >= 4 is 0 Å². The number of hydrogen-bond donors (Lipinski definition) is 1. The van der Waals surface area contributed by atoms with E-state index in [2.05, 4.69) is 36.9 Å². The van der Waals surface area contributed by atoms with Crippen LogP contribution in [-0.4, -0.2) is 30.6 Å². The second-order valence-corrected chi connectivity index (χ2v) is 9.87. The molecule has 0 spiro atoms. The van der Waals surface area contributed by atoms with Crippen LogP contribution < -0.4 is 10.5 Å². The topological polar surface area (TPSA) is 38.5 Å². The lowest BCUT2D eigenvalue weighted by molar-refractivity contribution is 0.106. The van der Waals surface area contributed by atoms with Gasteiger partial charge in [-0.05, 0) is 93.2 Å². The molecule has 158 valence electrons. The van der Waals surface area contributed by atoms with E-state index >= 15 is 0 Å². The maximum absolute atomic E-state index is 6.09. The molecule has 28 heavy (non-hydrogen) atoms. The van der Waals surface area contributed by atoms with Crippen molar-refractivity contribution < 1.29 is 4.74 Å². The van der Waals surface area contributed by atoms with Gasteiger partial charge in [-0.1, -0.05) is 26.0 Å².